The van der Waals surface area contributed by atoms with Crippen LogP contribution < -0.4 is 10.7 Å². The Morgan fingerprint density at radius 2 is 2.30 bits per heavy atom. The lowest BCUT2D eigenvalue weighted by Gasteiger charge is -2.12. The minimum absolute atomic E-state index is 0.253. The Kier molecular flexibility index (Phi) is 5.76. The molecular weight excluding hydrogens is 294 g/mol. The molecule has 2 N–H and O–H groups in total. The van der Waals surface area contributed by atoms with E-state index in [9.17, 15) is 0 Å². The highest BCUT2D eigenvalue weighted by Gasteiger charge is 2.15. The highest BCUT2D eigenvalue weighted by Crippen LogP contribution is 2.15. The molecule has 1 aliphatic rings. The third-order valence-corrected chi connectivity index (χ3v) is 3.67. The number of benzene rings is 1. The van der Waals surface area contributed by atoms with Crippen molar-refractivity contribution in [3.8, 4) is 0 Å². The molecule has 1 aromatic carbocycles. The Morgan fingerprint density at radius 3 is 3.00 bits per heavy atom. The molecule has 0 bridgehead atoms. The van der Waals surface area contributed by atoms with E-state index in [0.29, 0.717) is 16.7 Å². The van der Waals surface area contributed by atoms with E-state index in [0.717, 1.165) is 30.7 Å². The summed E-state index contributed by atoms with van der Waals surface area (Å²) in [6.45, 7) is 3.44. The van der Waals surface area contributed by atoms with Gasteiger partial charge in [-0.25, -0.2) is 0 Å². The van der Waals surface area contributed by atoms with Gasteiger partial charge in [0.25, 0.3) is 0 Å². The molecule has 20 heavy (non-hydrogen) atoms. The molecule has 0 radical (unpaired) electrons. The van der Waals surface area contributed by atoms with Crippen molar-refractivity contribution < 1.29 is 4.74 Å². The summed E-state index contributed by atoms with van der Waals surface area (Å²) >= 11 is 11.3. The van der Waals surface area contributed by atoms with Gasteiger partial charge in [-0.3, -0.25) is 5.43 Å². The van der Waals surface area contributed by atoms with Gasteiger partial charge in [-0.2, -0.15) is 5.10 Å². The van der Waals surface area contributed by atoms with Crippen LogP contribution in [-0.4, -0.2) is 30.1 Å². The first-order valence-corrected chi connectivity index (χ1v) is 7.40. The number of halogens is 1. The average Bonchev–Trinajstić information content (AvgIpc) is 2.96. The number of rotatable bonds is 4. The lowest BCUT2D eigenvalue weighted by molar-refractivity contribution is 0.114. The van der Waals surface area contributed by atoms with Gasteiger partial charge in [-0.1, -0.05) is 29.8 Å². The molecule has 0 saturated carbocycles. The van der Waals surface area contributed by atoms with Crippen LogP contribution in [-0.2, 0) is 4.74 Å². The number of thiocarbonyl (C=S) groups is 1. The van der Waals surface area contributed by atoms with Crippen molar-refractivity contribution in [3.63, 3.8) is 0 Å². The zero-order chi connectivity index (χ0) is 14.4. The van der Waals surface area contributed by atoms with Crippen LogP contribution in [0.3, 0.4) is 0 Å². The summed E-state index contributed by atoms with van der Waals surface area (Å²) in [5.41, 5.74) is 4.51. The molecule has 108 valence electrons. The van der Waals surface area contributed by atoms with Crippen molar-refractivity contribution in [1.29, 1.82) is 0 Å². The van der Waals surface area contributed by atoms with Gasteiger partial charge in [0.15, 0.2) is 5.11 Å². The van der Waals surface area contributed by atoms with Crippen LogP contribution in [0.1, 0.15) is 25.3 Å². The number of hydrazone groups is 1. The lowest BCUT2D eigenvalue weighted by atomic mass is 10.1. The van der Waals surface area contributed by atoms with Crippen molar-refractivity contribution in [2.75, 3.05) is 13.2 Å². The third-order valence-electron chi connectivity index (χ3n) is 3.10. The van der Waals surface area contributed by atoms with Crippen molar-refractivity contribution in [2.24, 2.45) is 5.10 Å². The molecule has 4 nitrogen and oxygen atoms in total. The first-order chi connectivity index (χ1) is 9.66. The highest BCUT2D eigenvalue weighted by atomic mass is 35.5. The first-order valence-electron chi connectivity index (χ1n) is 6.61. The molecule has 1 saturated heterocycles. The van der Waals surface area contributed by atoms with Crippen molar-refractivity contribution in [2.45, 2.75) is 25.9 Å². The van der Waals surface area contributed by atoms with E-state index in [2.05, 4.69) is 15.8 Å². The van der Waals surface area contributed by atoms with Gasteiger partial charge in [-0.05, 0) is 38.0 Å². The number of nitrogens with one attached hydrogen (secondary N) is 2. The Morgan fingerprint density at radius 1 is 1.50 bits per heavy atom. The lowest BCUT2D eigenvalue weighted by Crippen LogP contribution is -2.37. The monoisotopic (exact) mass is 311 g/mol. The van der Waals surface area contributed by atoms with Crippen LogP contribution in [0.25, 0.3) is 0 Å². The molecule has 1 atom stereocenters. The maximum absolute atomic E-state index is 6.11. The molecular formula is C14H18ClN3OS. The van der Waals surface area contributed by atoms with Crippen LogP contribution in [0.5, 0.6) is 0 Å². The summed E-state index contributed by atoms with van der Waals surface area (Å²) in [5.74, 6) is 0. The standard InChI is InChI=1S/C14H18ClN3OS/c1-10(12-6-2-3-7-13(12)15)17-18-14(20)16-9-11-5-4-8-19-11/h2-3,6-7,11H,4-5,8-9H2,1H3,(H2,16,18,20)/b17-10-/t11-/m0/s1. The topological polar surface area (TPSA) is 45.7 Å². The van der Waals surface area contributed by atoms with Crippen molar-refractivity contribution in [3.05, 3.63) is 34.9 Å². The molecule has 6 heteroatoms. The zero-order valence-corrected chi connectivity index (χ0v) is 12.9. The van der Waals surface area contributed by atoms with Gasteiger partial charge in [0, 0.05) is 23.7 Å². The number of nitrogens with zero attached hydrogens (tertiary/aromatic N) is 1. The number of hydrogen-bond acceptors (Lipinski definition) is 3. The van der Waals surface area contributed by atoms with Crippen LogP contribution in [0, 0.1) is 0 Å². The van der Waals surface area contributed by atoms with E-state index in [1.54, 1.807) is 0 Å². The van der Waals surface area contributed by atoms with Gasteiger partial charge >= 0.3 is 0 Å². The first kappa shape index (κ1) is 15.2. The van der Waals surface area contributed by atoms with Crippen LogP contribution in [0.2, 0.25) is 5.02 Å². The van der Waals surface area contributed by atoms with Crippen LogP contribution in [0.4, 0.5) is 0 Å². The number of ether oxygens (including phenoxy) is 1. The maximum Gasteiger partial charge on any atom is 0.187 e. The predicted molar refractivity (Wildman–Crippen MR) is 86.4 cm³/mol. The quantitative estimate of drug-likeness (QED) is 0.510. The second-order valence-corrected chi connectivity index (χ2v) is 5.45. The minimum atomic E-state index is 0.253. The normalized spacial score (nSPS) is 18.9. The van der Waals surface area contributed by atoms with E-state index in [1.807, 2.05) is 31.2 Å². The summed E-state index contributed by atoms with van der Waals surface area (Å²) in [5, 5.41) is 8.51. The minimum Gasteiger partial charge on any atom is -0.376 e. The molecule has 0 spiro atoms. The highest BCUT2D eigenvalue weighted by molar-refractivity contribution is 7.80. The Balaban J connectivity index is 1.82. The van der Waals surface area contributed by atoms with Gasteiger partial charge in [0.1, 0.15) is 0 Å². The fraction of sp³-hybridized carbons (Fsp3) is 0.429. The summed E-state index contributed by atoms with van der Waals surface area (Å²) in [6.07, 6.45) is 2.46. The van der Waals surface area contributed by atoms with Gasteiger partial charge in [0.05, 0.1) is 11.8 Å². The second-order valence-electron chi connectivity index (χ2n) is 4.63. The average molecular weight is 312 g/mol. The summed E-state index contributed by atoms with van der Waals surface area (Å²) in [4.78, 5) is 0. The summed E-state index contributed by atoms with van der Waals surface area (Å²) in [7, 11) is 0. The summed E-state index contributed by atoms with van der Waals surface area (Å²) in [6, 6.07) is 7.57. The second kappa shape index (κ2) is 7.57. The molecule has 0 unspecified atom stereocenters. The fourth-order valence-electron chi connectivity index (χ4n) is 2.00. The van der Waals surface area contributed by atoms with E-state index < -0.39 is 0 Å². The van der Waals surface area contributed by atoms with Crippen LogP contribution in [0.15, 0.2) is 29.4 Å². The van der Waals surface area contributed by atoms with Gasteiger partial charge < -0.3 is 10.1 Å². The van der Waals surface area contributed by atoms with E-state index >= 15 is 0 Å². The fourth-order valence-corrected chi connectivity index (χ4v) is 2.40. The Hall–Kier alpha value is -1.17. The number of hydrogen-bond donors (Lipinski definition) is 2. The Labute approximate surface area is 129 Å². The van der Waals surface area contributed by atoms with E-state index in [1.165, 1.54) is 0 Å². The zero-order valence-electron chi connectivity index (χ0n) is 11.4. The molecule has 0 aromatic heterocycles. The van der Waals surface area contributed by atoms with Crippen LogP contribution >= 0.6 is 23.8 Å². The molecule has 0 amide bonds. The largest absolute Gasteiger partial charge is 0.376 e. The smallest absolute Gasteiger partial charge is 0.187 e. The van der Waals surface area contributed by atoms with Crippen molar-refractivity contribution in [1.82, 2.24) is 10.7 Å². The van der Waals surface area contributed by atoms with Gasteiger partial charge in [-0.15, -0.1) is 0 Å². The predicted octanol–water partition coefficient (Wildman–Crippen LogP) is 2.71. The third kappa shape index (κ3) is 4.44. The maximum atomic E-state index is 6.11. The van der Waals surface area contributed by atoms with E-state index in [4.69, 9.17) is 28.6 Å². The van der Waals surface area contributed by atoms with E-state index in [-0.39, 0.29) is 6.10 Å². The molecule has 1 fully saturated rings. The molecule has 0 aliphatic carbocycles. The Bertz CT molecular complexity index is 501. The molecule has 1 aromatic rings. The molecule has 1 heterocycles. The summed E-state index contributed by atoms with van der Waals surface area (Å²) < 4.78 is 5.51. The molecule has 1 aliphatic heterocycles. The SMILES string of the molecule is C/C(=N/NC(=S)NC[C@@H]1CCCO1)c1ccccc1Cl. The molecule has 2 rings (SSSR count). The van der Waals surface area contributed by atoms with Gasteiger partial charge in [0.2, 0.25) is 0 Å². The van der Waals surface area contributed by atoms with Crippen molar-refractivity contribution >= 4 is 34.6 Å².